The Balaban J connectivity index is 1.43. The van der Waals surface area contributed by atoms with E-state index in [1.807, 2.05) is 24.3 Å². The third kappa shape index (κ3) is 4.26. The summed E-state index contributed by atoms with van der Waals surface area (Å²) in [5.74, 6) is 0.279. The summed E-state index contributed by atoms with van der Waals surface area (Å²) >= 11 is 0. The van der Waals surface area contributed by atoms with Crippen LogP contribution in [0.25, 0.3) is 11.1 Å². The zero-order valence-corrected chi connectivity index (χ0v) is 15.8. The van der Waals surface area contributed by atoms with Crippen LogP contribution in [0.2, 0.25) is 0 Å². The van der Waals surface area contributed by atoms with Crippen molar-refractivity contribution in [3.05, 3.63) is 47.8 Å². The number of rotatable bonds is 5. The smallest absolute Gasteiger partial charge is 0.270 e. The van der Waals surface area contributed by atoms with Gasteiger partial charge in [-0.2, -0.15) is 0 Å². The number of H-pyrrole nitrogens is 1. The summed E-state index contributed by atoms with van der Waals surface area (Å²) in [5, 5.41) is 2.99. The number of morpholine rings is 1. The molecule has 0 spiro atoms. The first-order valence-electron chi connectivity index (χ1n) is 9.72. The Bertz CT molecular complexity index is 836. The lowest BCUT2D eigenvalue weighted by molar-refractivity contribution is 0.0299. The molecule has 3 heterocycles. The van der Waals surface area contributed by atoms with Crippen LogP contribution in [-0.2, 0) is 9.47 Å². The first-order valence-corrected chi connectivity index (χ1v) is 9.72. The molecule has 28 heavy (non-hydrogen) atoms. The lowest BCUT2D eigenvalue weighted by Crippen LogP contribution is -2.40. The molecule has 2 fully saturated rings. The maximum atomic E-state index is 12.6. The number of carbonyl (C=O) groups excluding carboxylic acids is 2. The molecule has 7 heteroatoms. The van der Waals surface area contributed by atoms with E-state index < -0.39 is 0 Å². The van der Waals surface area contributed by atoms with E-state index in [2.05, 4.69) is 10.3 Å². The van der Waals surface area contributed by atoms with Gasteiger partial charge in [-0.25, -0.2) is 0 Å². The molecule has 7 nitrogen and oxygen atoms in total. The molecule has 2 amide bonds. The van der Waals surface area contributed by atoms with E-state index >= 15 is 0 Å². The summed E-state index contributed by atoms with van der Waals surface area (Å²) < 4.78 is 10.6. The molecule has 0 aliphatic carbocycles. The van der Waals surface area contributed by atoms with E-state index in [0.29, 0.717) is 56.6 Å². The first-order chi connectivity index (χ1) is 13.7. The van der Waals surface area contributed by atoms with Crippen LogP contribution in [-0.4, -0.2) is 67.8 Å². The van der Waals surface area contributed by atoms with Gasteiger partial charge in [-0.1, -0.05) is 12.1 Å². The van der Waals surface area contributed by atoms with Gasteiger partial charge in [0.1, 0.15) is 5.69 Å². The Labute approximate surface area is 164 Å². The number of benzene rings is 1. The van der Waals surface area contributed by atoms with E-state index in [9.17, 15) is 9.59 Å². The van der Waals surface area contributed by atoms with Crippen molar-refractivity contribution in [2.75, 3.05) is 46.1 Å². The second-order valence-corrected chi connectivity index (χ2v) is 7.23. The van der Waals surface area contributed by atoms with Crippen LogP contribution >= 0.6 is 0 Å². The van der Waals surface area contributed by atoms with Crippen LogP contribution in [0.5, 0.6) is 0 Å². The summed E-state index contributed by atoms with van der Waals surface area (Å²) in [6, 6.07) is 9.29. The van der Waals surface area contributed by atoms with Crippen LogP contribution in [0.15, 0.2) is 36.5 Å². The van der Waals surface area contributed by atoms with Gasteiger partial charge in [0, 0.05) is 43.9 Å². The molecule has 2 saturated heterocycles. The molecule has 2 aliphatic heterocycles. The van der Waals surface area contributed by atoms with Gasteiger partial charge in [-0.3, -0.25) is 9.59 Å². The fourth-order valence-electron chi connectivity index (χ4n) is 3.54. The summed E-state index contributed by atoms with van der Waals surface area (Å²) in [5.41, 5.74) is 2.94. The maximum absolute atomic E-state index is 12.6. The van der Waals surface area contributed by atoms with E-state index in [1.54, 1.807) is 17.2 Å². The topological polar surface area (TPSA) is 83.7 Å². The standard InChI is InChI=1S/C21H25N3O4/c25-20(23-12-15-4-7-28-14-15)17-3-1-2-16(10-17)18-11-19(22-13-18)21(26)24-5-8-27-9-6-24/h1-3,10-11,13,15,22H,4-9,12,14H2,(H,23,25)/t15-/m0/s1. The number of amides is 2. The average molecular weight is 383 g/mol. The summed E-state index contributed by atoms with van der Waals surface area (Å²) in [7, 11) is 0. The minimum absolute atomic E-state index is 0.0257. The number of ether oxygens (including phenoxy) is 2. The minimum Gasteiger partial charge on any atom is -0.381 e. The summed E-state index contributed by atoms with van der Waals surface area (Å²) in [6.07, 6.45) is 2.80. The highest BCUT2D eigenvalue weighted by Gasteiger charge is 2.20. The molecule has 4 rings (SSSR count). The van der Waals surface area contributed by atoms with Crippen molar-refractivity contribution >= 4 is 11.8 Å². The fourth-order valence-corrected chi connectivity index (χ4v) is 3.54. The predicted octanol–water partition coefficient (Wildman–Crippen LogP) is 1.92. The Morgan fingerprint density at radius 3 is 2.75 bits per heavy atom. The third-order valence-electron chi connectivity index (χ3n) is 5.25. The highest BCUT2D eigenvalue weighted by Crippen LogP contribution is 2.22. The van der Waals surface area contributed by atoms with Crippen molar-refractivity contribution in [1.82, 2.24) is 15.2 Å². The molecule has 2 N–H and O–H groups in total. The van der Waals surface area contributed by atoms with Crippen LogP contribution in [0, 0.1) is 5.92 Å². The van der Waals surface area contributed by atoms with Gasteiger partial charge in [-0.15, -0.1) is 0 Å². The Morgan fingerprint density at radius 1 is 1.11 bits per heavy atom. The molecule has 1 atom stereocenters. The maximum Gasteiger partial charge on any atom is 0.270 e. The Morgan fingerprint density at radius 2 is 1.96 bits per heavy atom. The third-order valence-corrected chi connectivity index (χ3v) is 5.25. The zero-order valence-electron chi connectivity index (χ0n) is 15.8. The van der Waals surface area contributed by atoms with Crippen molar-refractivity contribution in [3.63, 3.8) is 0 Å². The zero-order chi connectivity index (χ0) is 19.3. The van der Waals surface area contributed by atoms with Gasteiger partial charge in [-0.05, 0) is 35.7 Å². The normalized spacial score (nSPS) is 19.6. The number of aromatic nitrogens is 1. The predicted molar refractivity (Wildman–Crippen MR) is 104 cm³/mol. The van der Waals surface area contributed by atoms with E-state index in [-0.39, 0.29) is 11.8 Å². The van der Waals surface area contributed by atoms with Crippen molar-refractivity contribution in [2.24, 2.45) is 5.92 Å². The van der Waals surface area contributed by atoms with Crippen LogP contribution < -0.4 is 5.32 Å². The summed E-state index contributed by atoms with van der Waals surface area (Å²) in [4.78, 5) is 29.9. The number of carbonyl (C=O) groups is 2. The molecule has 1 aromatic heterocycles. The van der Waals surface area contributed by atoms with Crippen molar-refractivity contribution < 1.29 is 19.1 Å². The lowest BCUT2D eigenvalue weighted by atomic mass is 10.0. The monoisotopic (exact) mass is 383 g/mol. The molecule has 2 aliphatic rings. The molecular weight excluding hydrogens is 358 g/mol. The van der Waals surface area contributed by atoms with Gasteiger partial charge in [0.05, 0.1) is 19.8 Å². The number of nitrogens with zero attached hydrogens (tertiary/aromatic N) is 1. The van der Waals surface area contributed by atoms with E-state index in [4.69, 9.17) is 9.47 Å². The number of hydrogen-bond donors (Lipinski definition) is 2. The number of hydrogen-bond acceptors (Lipinski definition) is 4. The molecular formula is C21H25N3O4. The average Bonchev–Trinajstić information content (AvgIpc) is 3.44. The SMILES string of the molecule is O=C(NC[C@@H]1CCOC1)c1cccc(-c2c[nH]c(C(=O)N3CCOCC3)c2)c1. The molecule has 2 aromatic rings. The van der Waals surface area contributed by atoms with Gasteiger partial charge in [0.25, 0.3) is 11.8 Å². The Hall–Kier alpha value is -2.64. The van der Waals surface area contributed by atoms with Crippen molar-refractivity contribution in [3.8, 4) is 11.1 Å². The molecule has 0 radical (unpaired) electrons. The largest absolute Gasteiger partial charge is 0.381 e. The summed E-state index contributed by atoms with van der Waals surface area (Å²) in [6.45, 7) is 4.47. The van der Waals surface area contributed by atoms with Crippen molar-refractivity contribution in [2.45, 2.75) is 6.42 Å². The molecule has 0 unspecified atom stereocenters. The number of aromatic amines is 1. The molecule has 1 aromatic carbocycles. The molecule has 0 bridgehead atoms. The highest BCUT2D eigenvalue weighted by molar-refractivity contribution is 5.96. The second kappa shape index (κ2) is 8.58. The van der Waals surface area contributed by atoms with E-state index in [1.165, 1.54) is 0 Å². The van der Waals surface area contributed by atoms with Crippen LogP contribution in [0.4, 0.5) is 0 Å². The quantitative estimate of drug-likeness (QED) is 0.826. The van der Waals surface area contributed by atoms with Crippen LogP contribution in [0.1, 0.15) is 27.3 Å². The highest BCUT2D eigenvalue weighted by atomic mass is 16.5. The van der Waals surface area contributed by atoms with Gasteiger partial charge < -0.3 is 24.7 Å². The number of nitrogens with one attached hydrogen (secondary N) is 2. The minimum atomic E-state index is -0.0890. The van der Waals surface area contributed by atoms with Crippen molar-refractivity contribution in [1.29, 1.82) is 0 Å². The Kier molecular flexibility index (Phi) is 5.73. The molecule has 148 valence electrons. The van der Waals surface area contributed by atoms with E-state index in [0.717, 1.165) is 24.2 Å². The van der Waals surface area contributed by atoms with Gasteiger partial charge in [0.2, 0.25) is 0 Å². The lowest BCUT2D eigenvalue weighted by Gasteiger charge is -2.26. The fraction of sp³-hybridized carbons (Fsp3) is 0.429. The van der Waals surface area contributed by atoms with Gasteiger partial charge >= 0.3 is 0 Å². The molecule has 0 saturated carbocycles. The van der Waals surface area contributed by atoms with Gasteiger partial charge in [0.15, 0.2) is 0 Å². The second-order valence-electron chi connectivity index (χ2n) is 7.23. The van der Waals surface area contributed by atoms with Crippen LogP contribution in [0.3, 0.4) is 0 Å². The first kappa shape index (κ1) is 18.7.